The van der Waals surface area contributed by atoms with Gasteiger partial charge < -0.3 is 32.9 Å². The molecule has 2 fully saturated rings. The van der Waals surface area contributed by atoms with Gasteiger partial charge in [0.2, 0.25) is 11.6 Å². The van der Waals surface area contributed by atoms with Crippen molar-refractivity contribution in [3.63, 3.8) is 0 Å². The van der Waals surface area contributed by atoms with Crippen molar-refractivity contribution in [2.75, 3.05) is 44.4 Å². The number of morpholine rings is 1. The minimum atomic E-state index is -4.78. The second kappa shape index (κ2) is 23.7. The number of ether oxygens (including phenoxy) is 4. The fourth-order valence-electron chi connectivity index (χ4n) is 7.19. The summed E-state index contributed by atoms with van der Waals surface area (Å²) >= 11 is 3.38. The Balaban J connectivity index is 0.000000176. The van der Waals surface area contributed by atoms with E-state index in [2.05, 4.69) is 60.8 Å². The Bertz CT molecular complexity index is 3180. The lowest BCUT2D eigenvalue weighted by molar-refractivity contribution is -0.275. The van der Waals surface area contributed by atoms with Gasteiger partial charge >= 0.3 is 12.7 Å². The maximum Gasteiger partial charge on any atom is 0.573 e. The molecule has 0 amide bonds. The molecule has 10 rings (SSSR count). The second-order valence-corrected chi connectivity index (χ2v) is 16.9. The molecule has 0 aliphatic carbocycles. The SMILES string of the molecule is C1CCOCC1.O=c1ccc(-c2nc(-c3ccc(OC(F)(F)F)cc3)no2)nn1Cc1cccc(Br)c1.O=c1ccc(-c2nc(-c3ccc(OC(F)(F)F)cc3)no2)nn1Cc1cccc(N2CCOCC2)c1. The molecule has 0 radical (unpaired) electrons. The van der Waals surface area contributed by atoms with E-state index in [1.807, 2.05) is 48.5 Å². The smallest absolute Gasteiger partial charge is 0.406 e. The normalized spacial score (nSPS) is 13.8. The molecule has 4 aromatic heterocycles. The van der Waals surface area contributed by atoms with E-state index in [0.29, 0.717) is 24.3 Å². The van der Waals surface area contributed by atoms with Crippen molar-refractivity contribution in [1.29, 1.82) is 0 Å². The molecule has 2 aliphatic heterocycles. The molecule has 24 heteroatoms. The summed E-state index contributed by atoms with van der Waals surface area (Å²) in [6.45, 7) is 5.43. The van der Waals surface area contributed by atoms with Gasteiger partial charge in [0.25, 0.3) is 22.9 Å². The Morgan fingerprint density at radius 2 is 1.01 bits per heavy atom. The minimum Gasteiger partial charge on any atom is -0.406 e. The third kappa shape index (κ3) is 15.2. The molecule has 0 saturated carbocycles. The van der Waals surface area contributed by atoms with E-state index < -0.39 is 12.7 Å². The average molecular weight is 1080 g/mol. The molecule has 0 atom stereocenters. The largest absolute Gasteiger partial charge is 0.573 e. The summed E-state index contributed by atoms with van der Waals surface area (Å²) in [6, 6.07) is 31.1. The van der Waals surface area contributed by atoms with Gasteiger partial charge in [-0.2, -0.15) is 20.2 Å². The number of nitrogens with zero attached hydrogens (tertiary/aromatic N) is 9. The Hall–Kier alpha value is -7.70. The van der Waals surface area contributed by atoms with Gasteiger partial charge in [0.05, 0.1) is 26.3 Å². The van der Waals surface area contributed by atoms with E-state index in [4.69, 9.17) is 18.5 Å². The van der Waals surface area contributed by atoms with E-state index >= 15 is 0 Å². The number of rotatable bonds is 11. The zero-order valence-corrected chi connectivity index (χ0v) is 39.8. The summed E-state index contributed by atoms with van der Waals surface area (Å²) in [5.41, 5.74) is 3.64. The lowest BCUT2D eigenvalue weighted by Gasteiger charge is -2.29. The van der Waals surface area contributed by atoms with Gasteiger partial charge in [-0.3, -0.25) is 9.59 Å². The van der Waals surface area contributed by atoms with Crippen LogP contribution in [0.15, 0.2) is 144 Å². The highest BCUT2D eigenvalue weighted by atomic mass is 79.9. The number of alkyl halides is 6. The van der Waals surface area contributed by atoms with Crippen molar-refractivity contribution in [3.05, 3.63) is 158 Å². The summed E-state index contributed by atoms with van der Waals surface area (Å²) < 4.78 is 106. The lowest BCUT2D eigenvalue weighted by Crippen LogP contribution is -2.36. The van der Waals surface area contributed by atoms with Crippen molar-refractivity contribution in [1.82, 2.24) is 39.8 Å². The van der Waals surface area contributed by atoms with Crippen LogP contribution in [0.1, 0.15) is 30.4 Å². The van der Waals surface area contributed by atoms with Crippen LogP contribution in [0.2, 0.25) is 0 Å². The second-order valence-electron chi connectivity index (χ2n) is 16.0. The third-order valence-corrected chi connectivity index (χ3v) is 11.1. The van der Waals surface area contributed by atoms with Crippen molar-refractivity contribution in [2.24, 2.45) is 0 Å². The summed E-state index contributed by atoms with van der Waals surface area (Å²) in [5, 5.41) is 16.4. The van der Waals surface area contributed by atoms with Crippen LogP contribution in [0.3, 0.4) is 0 Å². The zero-order valence-electron chi connectivity index (χ0n) is 38.3. The standard InChI is InChI=1S/C24H20F3N5O4.C20H12BrF3N4O3.C5H10O/c25-24(26,27)35-19-6-4-17(5-7-19)22-28-23(36-30-22)20-8-9-21(33)32(29-20)15-16-2-1-3-18(14-16)31-10-12-34-13-11-31;21-14-3-1-2-12(10-14)11-28-17(29)9-8-16(26-28)19-25-18(27-31-19)13-4-6-15(7-5-13)30-20(22,23)24;1-2-4-6-5-3-1/h1-9,14H,10-13,15H2;1-10H,11H2;1-5H2. The molecule has 0 bridgehead atoms. The molecule has 73 heavy (non-hydrogen) atoms. The van der Waals surface area contributed by atoms with Gasteiger partial charge in [-0.05, 0) is 115 Å². The molecule has 6 heterocycles. The fraction of sp³-hybridized carbons (Fsp3) is 0.265. The summed E-state index contributed by atoms with van der Waals surface area (Å²) in [6.07, 6.45) is -5.62. The summed E-state index contributed by atoms with van der Waals surface area (Å²) in [4.78, 5) is 35.4. The molecule has 4 aromatic carbocycles. The van der Waals surface area contributed by atoms with Crippen LogP contribution in [0.25, 0.3) is 45.9 Å². The molecule has 380 valence electrons. The van der Waals surface area contributed by atoms with Crippen molar-refractivity contribution < 1.29 is 54.3 Å². The number of benzene rings is 4. The van der Waals surface area contributed by atoms with Crippen LogP contribution in [0, 0.1) is 0 Å². The topological polar surface area (TPSA) is 188 Å². The van der Waals surface area contributed by atoms with Crippen LogP contribution in [-0.4, -0.2) is 92.1 Å². The van der Waals surface area contributed by atoms with Crippen LogP contribution >= 0.6 is 15.9 Å². The van der Waals surface area contributed by atoms with E-state index in [-0.39, 0.29) is 70.5 Å². The van der Waals surface area contributed by atoms with Gasteiger partial charge in [0.1, 0.15) is 22.9 Å². The van der Waals surface area contributed by atoms with Crippen LogP contribution < -0.4 is 25.5 Å². The van der Waals surface area contributed by atoms with E-state index in [9.17, 15) is 35.9 Å². The summed E-state index contributed by atoms with van der Waals surface area (Å²) in [5.74, 6) is -0.283. The van der Waals surface area contributed by atoms with Crippen LogP contribution in [0.4, 0.5) is 32.0 Å². The van der Waals surface area contributed by atoms with E-state index in [0.717, 1.165) is 71.9 Å². The zero-order chi connectivity index (χ0) is 51.4. The number of hydrogen-bond donors (Lipinski definition) is 0. The Labute approximate surface area is 419 Å². The Morgan fingerprint density at radius 3 is 1.45 bits per heavy atom. The molecule has 0 spiro atoms. The highest BCUT2D eigenvalue weighted by molar-refractivity contribution is 9.10. The lowest BCUT2D eigenvalue weighted by atomic mass is 10.2. The predicted molar refractivity (Wildman–Crippen MR) is 254 cm³/mol. The molecule has 17 nitrogen and oxygen atoms in total. The highest BCUT2D eigenvalue weighted by Crippen LogP contribution is 2.29. The van der Waals surface area contributed by atoms with Crippen LogP contribution in [0.5, 0.6) is 11.5 Å². The Morgan fingerprint density at radius 1 is 0.548 bits per heavy atom. The Kier molecular flexibility index (Phi) is 16.8. The molecule has 0 unspecified atom stereocenters. The van der Waals surface area contributed by atoms with Crippen LogP contribution in [-0.2, 0) is 22.6 Å². The first kappa shape index (κ1) is 51.6. The molecule has 2 aliphatic rings. The maximum atomic E-state index is 12.5. The highest BCUT2D eigenvalue weighted by Gasteiger charge is 2.32. The quantitative estimate of drug-likeness (QED) is 0.111. The molecule has 0 N–H and O–H groups in total. The minimum absolute atomic E-state index is 0.0635. The first-order valence-corrected chi connectivity index (χ1v) is 23.2. The first-order chi connectivity index (χ1) is 35.1. The van der Waals surface area contributed by atoms with Crippen molar-refractivity contribution >= 4 is 21.6 Å². The van der Waals surface area contributed by atoms with Crippen molar-refractivity contribution in [3.8, 4) is 57.4 Å². The first-order valence-electron chi connectivity index (χ1n) is 22.4. The number of aromatic nitrogens is 8. The monoisotopic (exact) mass is 1080 g/mol. The van der Waals surface area contributed by atoms with Gasteiger partial charge in [-0.1, -0.05) is 50.5 Å². The van der Waals surface area contributed by atoms with Gasteiger partial charge in [-0.15, -0.1) is 26.3 Å². The molecular weight excluding hydrogens is 1040 g/mol. The number of halogens is 7. The molecular formula is C49H42BrF6N9O8. The molecule has 2 saturated heterocycles. The van der Waals surface area contributed by atoms with E-state index in [1.165, 1.54) is 77.2 Å². The molecule has 8 aromatic rings. The third-order valence-electron chi connectivity index (χ3n) is 10.6. The van der Waals surface area contributed by atoms with Crippen molar-refractivity contribution in [2.45, 2.75) is 45.1 Å². The summed E-state index contributed by atoms with van der Waals surface area (Å²) in [7, 11) is 0. The fourth-order valence-corrected chi connectivity index (χ4v) is 7.64. The van der Waals surface area contributed by atoms with E-state index in [1.54, 1.807) is 0 Å². The number of hydrogen-bond acceptors (Lipinski definition) is 15. The number of anilines is 1. The maximum absolute atomic E-state index is 12.5. The van der Waals surface area contributed by atoms with Gasteiger partial charge in [0, 0.05) is 59.7 Å². The predicted octanol–water partition coefficient (Wildman–Crippen LogP) is 9.60. The van der Waals surface area contributed by atoms with Gasteiger partial charge in [0.15, 0.2) is 0 Å². The average Bonchev–Trinajstić information content (AvgIpc) is 4.08. The van der Waals surface area contributed by atoms with Gasteiger partial charge in [-0.25, -0.2) is 9.36 Å².